The van der Waals surface area contributed by atoms with E-state index in [1.807, 2.05) is 0 Å². The summed E-state index contributed by atoms with van der Waals surface area (Å²) >= 11 is 13.1. The van der Waals surface area contributed by atoms with Crippen molar-refractivity contribution >= 4 is 58.2 Å². The number of rotatable bonds is 4. The molecule has 0 unspecified atom stereocenters. The molecule has 0 saturated heterocycles. The first kappa shape index (κ1) is 15.6. The normalized spacial score (nSPS) is 10.8. The van der Waals surface area contributed by atoms with Gasteiger partial charge < -0.3 is 10.4 Å². The van der Waals surface area contributed by atoms with Gasteiger partial charge in [-0.3, -0.25) is 4.79 Å². The van der Waals surface area contributed by atoms with Gasteiger partial charge in [-0.1, -0.05) is 23.2 Å². The van der Waals surface area contributed by atoms with Gasteiger partial charge >= 0.3 is 5.97 Å². The fraction of sp³-hybridized carbons (Fsp3) is 0. The van der Waals surface area contributed by atoms with E-state index < -0.39 is 5.97 Å². The van der Waals surface area contributed by atoms with Gasteiger partial charge in [-0.25, -0.2) is 4.79 Å². The van der Waals surface area contributed by atoms with Crippen LogP contribution in [-0.2, 0) is 4.79 Å². The first-order valence-corrected chi connectivity index (χ1v) is 7.30. The third-order valence-electron chi connectivity index (χ3n) is 2.47. The van der Waals surface area contributed by atoms with Crippen molar-refractivity contribution in [2.45, 2.75) is 0 Å². The van der Waals surface area contributed by atoms with Crippen LogP contribution >= 0.6 is 34.5 Å². The number of carbonyl (C=O) groups excluding carboxylic acids is 1. The van der Waals surface area contributed by atoms with Crippen LogP contribution in [0.5, 0.6) is 0 Å². The summed E-state index contributed by atoms with van der Waals surface area (Å²) in [5.74, 6) is -1.45. The highest BCUT2D eigenvalue weighted by atomic mass is 35.5. The quantitative estimate of drug-likeness (QED) is 0.809. The molecule has 108 valence electrons. The summed E-state index contributed by atoms with van der Waals surface area (Å²) in [6, 6.07) is 7.63. The third-order valence-corrected chi connectivity index (χ3v) is 3.98. The maximum atomic E-state index is 11.8. The standard InChI is InChI=1S/C14H9Cl2NO3S/c15-10-7-8(14(19)20)1-4-11(10)17-13(18)6-3-9-2-5-12(16)21-9/h1-7H,(H,17,18)(H,19,20). The zero-order chi connectivity index (χ0) is 15.4. The molecule has 2 N–H and O–H groups in total. The molecule has 0 radical (unpaired) electrons. The van der Waals surface area contributed by atoms with Crippen molar-refractivity contribution in [1.29, 1.82) is 0 Å². The van der Waals surface area contributed by atoms with E-state index >= 15 is 0 Å². The molecule has 1 heterocycles. The van der Waals surface area contributed by atoms with Crippen LogP contribution in [0.4, 0.5) is 5.69 Å². The highest BCUT2D eigenvalue weighted by molar-refractivity contribution is 7.17. The molecule has 21 heavy (non-hydrogen) atoms. The molecule has 2 rings (SSSR count). The van der Waals surface area contributed by atoms with Crippen molar-refractivity contribution in [2.75, 3.05) is 5.32 Å². The number of nitrogens with one attached hydrogen (secondary N) is 1. The van der Waals surface area contributed by atoms with E-state index in [9.17, 15) is 9.59 Å². The SMILES string of the molecule is O=C(C=Cc1ccc(Cl)s1)Nc1ccc(C(=O)O)cc1Cl. The van der Waals surface area contributed by atoms with E-state index in [1.54, 1.807) is 18.2 Å². The zero-order valence-electron chi connectivity index (χ0n) is 10.5. The van der Waals surface area contributed by atoms with Crippen LogP contribution in [0.25, 0.3) is 6.08 Å². The van der Waals surface area contributed by atoms with Crippen molar-refractivity contribution in [1.82, 2.24) is 0 Å². The van der Waals surface area contributed by atoms with Gasteiger partial charge in [-0.05, 0) is 36.4 Å². The summed E-state index contributed by atoms with van der Waals surface area (Å²) in [6.07, 6.45) is 2.98. The molecule has 1 amide bonds. The largest absolute Gasteiger partial charge is 0.478 e. The molecular formula is C14H9Cl2NO3S. The minimum Gasteiger partial charge on any atom is -0.478 e. The van der Waals surface area contributed by atoms with Crippen LogP contribution in [0, 0.1) is 0 Å². The topological polar surface area (TPSA) is 66.4 Å². The number of carboxylic acids is 1. The molecule has 0 spiro atoms. The number of amides is 1. The Morgan fingerprint density at radius 1 is 1.19 bits per heavy atom. The Balaban J connectivity index is 2.06. The van der Waals surface area contributed by atoms with Crippen molar-refractivity contribution in [3.05, 3.63) is 56.2 Å². The average molecular weight is 342 g/mol. The van der Waals surface area contributed by atoms with Crippen molar-refractivity contribution in [2.24, 2.45) is 0 Å². The monoisotopic (exact) mass is 341 g/mol. The maximum absolute atomic E-state index is 11.8. The Kier molecular flexibility index (Phi) is 5.01. The highest BCUT2D eigenvalue weighted by Crippen LogP contribution is 2.24. The number of halogens is 2. The van der Waals surface area contributed by atoms with E-state index in [1.165, 1.54) is 35.6 Å². The van der Waals surface area contributed by atoms with Gasteiger partial charge in [0.25, 0.3) is 0 Å². The van der Waals surface area contributed by atoms with Crippen LogP contribution in [-0.4, -0.2) is 17.0 Å². The predicted octanol–water partition coefficient (Wildman–Crippen LogP) is 4.41. The summed E-state index contributed by atoms with van der Waals surface area (Å²) in [7, 11) is 0. The number of thiophene rings is 1. The minimum atomic E-state index is -1.08. The second kappa shape index (κ2) is 6.76. The molecule has 0 bridgehead atoms. The molecule has 0 saturated carbocycles. The van der Waals surface area contributed by atoms with Crippen LogP contribution in [0.3, 0.4) is 0 Å². The number of carboxylic acid groups (broad SMARTS) is 1. The van der Waals surface area contributed by atoms with E-state index in [0.29, 0.717) is 10.0 Å². The zero-order valence-corrected chi connectivity index (χ0v) is 12.8. The fourth-order valence-corrected chi connectivity index (χ4v) is 2.69. The lowest BCUT2D eigenvalue weighted by Gasteiger charge is -2.05. The third kappa shape index (κ3) is 4.32. The van der Waals surface area contributed by atoms with Gasteiger partial charge in [0.05, 0.1) is 20.6 Å². The number of hydrogen-bond donors (Lipinski definition) is 2. The van der Waals surface area contributed by atoms with Crippen LogP contribution in [0.15, 0.2) is 36.4 Å². The molecule has 0 aliphatic rings. The molecular weight excluding hydrogens is 333 g/mol. The second-order valence-corrected chi connectivity index (χ2v) is 6.12. The van der Waals surface area contributed by atoms with Crippen molar-refractivity contribution in [3.8, 4) is 0 Å². The molecule has 2 aromatic rings. The lowest BCUT2D eigenvalue weighted by molar-refractivity contribution is -0.111. The Morgan fingerprint density at radius 2 is 1.95 bits per heavy atom. The first-order chi connectivity index (χ1) is 9.95. The van der Waals surface area contributed by atoms with E-state index in [2.05, 4.69) is 5.32 Å². The highest BCUT2D eigenvalue weighted by Gasteiger charge is 2.08. The van der Waals surface area contributed by atoms with Gasteiger partial charge in [0.15, 0.2) is 0 Å². The predicted molar refractivity (Wildman–Crippen MR) is 85.4 cm³/mol. The Morgan fingerprint density at radius 3 is 2.52 bits per heavy atom. The lowest BCUT2D eigenvalue weighted by atomic mass is 10.2. The number of hydrogen-bond acceptors (Lipinski definition) is 3. The number of benzene rings is 1. The molecule has 1 aromatic heterocycles. The van der Waals surface area contributed by atoms with Crippen LogP contribution < -0.4 is 5.32 Å². The summed E-state index contributed by atoms with van der Waals surface area (Å²) < 4.78 is 0.641. The van der Waals surface area contributed by atoms with Crippen LogP contribution in [0.1, 0.15) is 15.2 Å². The molecule has 7 heteroatoms. The summed E-state index contributed by atoms with van der Waals surface area (Å²) in [5, 5.41) is 11.6. The Bertz CT molecular complexity index is 725. The lowest BCUT2D eigenvalue weighted by Crippen LogP contribution is -2.08. The Labute approximate surface area is 134 Å². The molecule has 1 aromatic carbocycles. The average Bonchev–Trinajstić information content (AvgIpc) is 2.84. The van der Waals surface area contributed by atoms with Gasteiger partial charge in [0.2, 0.25) is 5.91 Å². The number of anilines is 1. The molecule has 0 aliphatic carbocycles. The Hall–Kier alpha value is -1.82. The molecule has 0 aliphatic heterocycles. The smallest absolute Gasteiger partial charge is 0.335 e. The number of aromatic carboxylic acids is 1. The summed E-state index contributed by atoms with van der Waals surface area (Å²) in [4.78, 5) is 23.4. The number of carbonyl (C=O) groups is 2. The van der Waals surface area contributed by atoms with Gasteiger partial charge in [0.1, 0.15) is 0 Å². The maximum Gasteiger partial charge on any atom is 0.335 e. The first-order valence-electron chi connectivity index (χ1n) is 5.73. The van der Waals surface area contributed by atoms with Crippen LogP contribution in [0.2, 0.25) is 9.36 Å². The van der Waals surface area contributed by atoms with Gasteiger partial charge in [0, 0.05) is 11.0 Å². The van der Waals surface area contributed by atoms with Gasteiger partial charge in [-0.15, -0.1) is 11.3 Å². The molecule has 0 fully saturated rings. The van der Waals surface area contributed by atoms with E-state index in [-0.39, 0.29) is 16.5 Å². The summed E-state index contributed by atoms with van der Waals surface area (Å²) in [6.45, 7) is 0. The molecule has 0 atom stereocenters. The second-order valence-electron chi connectivity index (χ2n) is 3.96. The van der Waals surface area contributed by atoms with E-state index in [4.69, 9.17) is 28.3 Å². The van der Waals surface area contributed by atoms with Crippen molar-refractivity contribution < 1.29 is 14.7 Å². The van der Waals surface area contributed by atoms with Gasteiger partial charge in [-0.2, -0.15) is 0 Å². The molecule has 4 nitrogen and oxygen atoms in total. The van der Waals surface area contributed by atoms with E-state index in [0.717, 1.165) is 4.88 Å². The fourth-order valence-electron chi connectivity index (χ4n) is 1.50. The van der Waals surface area contributed by atoms with Crippen molar-refractivity contribution in [3.63, 3.8) is 0 Å². The minimum absolute atomic E-state index is 0.0572. The summed E-state index contributed by atoms with van der Waals surface area (Å²) in [5.41, 5.74) is 0.405.